The van der Waals surface area contributed by atoms with Crippen LogP contribution in [0.5, 0.6) is 0 Å². The van der Waals surface area contributed by atoms with E-state index in [0.29, 0.717) is 16.9 Å². The highest BCUT2D eigenvalue weighted by Gasteiger charge is 2.16. The average molecular weight is 393 g/mol. The standard InChI is InChI=1S/C22H19NO6/c1-2-3-15-4-6-16(7-5-15)19(24)14-28-22(25)21-13-12-20(29-21)17-8-10-18(11-9-17)23(26)27/h4-13H,2-3,14H2,1H3. The topological polar surface area (TPSA) is 99.7 Å². The number of esters is 1. The maximum atomic E-state index is 12.2. The molecule has 3 rings (SSSR count). The van der Waals surface area contributed by atoms with E-state index in [0.717, 1.165) is 18.4 Å². The number of hydrogen-bond acceptors (Lipinski definition) is 6. The molecular weight excluding hydrogens is 374 g/mol. The van der Waals surface area contributed by atoms with Gasteiger partial charge >= 0.3 is 5.97 Å². The maximum absolute atomic E-state index is 12.2. The van der Waals surface area contributed by atoms with E-state index in [1.165, 1.54) is 30.3 Å². The molecule has 7 heteroatoms. The lowest BCUT2D eigenvalue weighted by atomic mass is 10.1. The Morgan fingerprint density at radius 3 is 2.31 bits per heavy atom. The zero-order chi connectivity index (χ0) is 20.8. The minimum absolute atomic E-state index is 0.0406. The van der Waals surface area contributed by atoms with Gasteiger partial charge in [-0.3, -0.25) is 14.9 Å². The minimum Gasteiger partial charge on any atom is -0.451 e. The molecule has 0 N–H and O–H groups in total. The van der Waals surface area contributed by atoms with E-state index in [1.807, 2.05) is 12.1 Å². The molecule has 2 aromatic carbocycles. The number of furan rings is 1. The molecule has 0 saturated carbocycles. The average Bonchev–Trinajstić information content (AvgIpc) is 3.23. The second kappa shape index (κ2) is 8.97. The molecule has 0 saturated heterocycles. The molecule has 0 spiro atoms. The van der Waals surface area contributed by atoms with Crippen molar-refractivity contribution >= 4 is 17.4 Å². The highest BCUT2D eigenvalue weighted by molar-refractivity contribution is 5.99. The molecule has 3 aromatic rings. The molecule has 0 aliphatic rings. The Balaban J connectivity index is 1.60. The quantitative estimate of drug-likeness (QED) is 0.235. The number of ether oxygens (including phenoxy) is 1. The van der Waals surface area contributed by atoms with Crippen molar-refractivity contribution in [1.82, 2.24) is 0 Å². The lowest BCUT2D eigenvalue weighted by Crippen LogP contribution is -2.13. The van der Waals surface area contributed by atoms with Crippen molar-refractivity contribution < 1.29 is 23.7 Å². The highest BCUT2D eigenvalue weighted by Crippen LogP contribution is 2.24. The van der Waals surface area contributed by atoms with Crippen LogP contribution >= 0.6 is 0 Å². The van der Waals surface area contributed by atoms with Crippen molar-refractivity contribution in [3.8, 4) is 11.3 Å². The maximum Gasteiger partial charge on any atom is 0.374 e. The first kappa shape index (κ1) is 20.0. The van der Waals surface area contributed by atoms with Crippen LogP contribution in [0.4, 0.5) is 5.69 Å². The second-order valence-electron chi connectivity index (χ2n) is 6.41. The van der Waals surface area contributed by atoms with Crippen LogP contribution in [0.2, 0.25) is 0 Å². The molecule has 0 unspecified atom stereocenters. The predicted octanol–water partition coefficient (Wildman–Crippen LogP) is 4.85. The van der Waals surface area contributed by atoms with Crippen LogP contribution in [-0.4, -0.2) is 23.3 Å². The third-order valence-electron chi connectivity index (χ3n) is 4.32. The summed E-state index contributed by atoms with van der Waals surface area (Å²) in [5, 5.41) is 10.7. The van der Waals surface area contributed by atoms with Gasteiger partial charge in [-0.2, -0.15) is 0 Å². The Bertz CT molecular complexity index is 1020. The summed E-state index contributed by atoms with van der Waals surface area (Å²) >= 11 is 0. The summed E-state index contributed by atoms with van der Waals surface area (Å²) in [4.78, 5) is 34.6. The van der Waals surface area contributed by atoms with Crippen LogP contribution in [0.3, 0.4) is 0 Å². The van der Waals surface area contributed by atoms with Gasteiger partial charge in [0.05, 0.1) is 4.92 Å². The molecular formula is C22H19NO6. The van der Waals surface area contributed by atoms with E-state index in [-0.39, 0.29) is 23.8 Å². The number of hydrogen-bond donors (Lipinski definition) is 0. The van der Waals surface area contributed by atoms with Crippen LogP contribution in [0.1, 0.15) is 39.8 Å². The van der Waals surface area contributed by atoms with Gasteiger partial charge in [0.1, 0.15) is 5.76 Å². The third kappa shape index (κ3) is 4.95. The molecule has 0 bridgehead atoms. The smallest absolute Gasteiger partial charge is 0.374 e. The van der Waals surface area contributed by atoms with Crippen LogP contribution in [0.25, 0.3) is 11.3 Å². The lowest BCUT2D eigenvalue weighted by Gasteiger charge is -2.04. The highest BCUT2D eigenvalue weighted by atomic mass is 16.6. The summed E-state index contributed by atoms with van der Waals surface area (Å²) < 4.78 is 10.5. The van der Waals surface area contributed by atoms with E-state index in [2.05, 4.69) is 6.92 Å². The SMILES string of the molecule is CCCc1ccc(C(=O)COC(=O)c2ccc(-c3ccc([N+](=O)[O-])cc3)o2)cc1. The second-order valence-corrected chi connectivity index (χ2v) is 6.41. The predicted molar refractivity (Wildman–Crippen MR) is 106 cm³/mol. The van der Waals surface area contributed by atoms with E-state index in [4.69, 9.17) is 9.15 Å². The number of carbonyl (C=O) groups excluding carboxylic acids is 2. The Morgan fingerprint density at radius 1 is 1.00 bits per heavy atom. The number of carbonyl (C=O) groups is 2. The first-order valence-electron chi connectivity index (χ1n) is 9.12. The Labute approximate surface area is 167 Å². The Hall–Kier alpha value is -3.74. The van der Waals surface area contributed by atoms with Crippen molar-refractivity contribution in [2.45, 2.75) is 19.8 Å². The summed E-state index contributed by atoms with van der Waals surface area (Å²) in [6.07, 6.45) is 1.97. The molecule has 1 heterocycles. The lowest BCUT2D eigenvalue weighted by molar-refractivity contribution is -0.384. The number of Topliss-reactive ketones (excluding diaryl/α,β-unsaturated/α-hetero) is 1. The number of aryl methyl sites for hydroxylation is 1. The number of benzene rings is 2. The monoisotopic (exact) mass is 393 g/mol. The van der Waals surface area contributed by atoms with Crippen LogP contribution < -0.4 is 0 Å². The van der Waals surface area contributed by atoms with Gasteiger partial charge in [-0.15, -0.1) is 0 Å². The number of non-ortho nitro benzene ring substituents is 1. The fourth-order valence-electron chi connectivity index (χ4n) is 2.78. The van der Waals surface area contributed by atoms with Crippen molar-refractivity contribution in [3.63, 3.8) is 0 Å². The number of nitro benzene ring substituents is 1. The van der Waals surface area contributed by atoms with E-state index < -0.39 is 10.9 Å². The Morgan fingerprint density at radius 2 is 1.69 bits per heavy atom. The van der Waals surface area contributed by atoms with Gasteiger partial charge in [-0.1, -0.05) is 37.6 Å². The molecule has 0 radical (unpaired) electrons. The van der Waals surface area contributed by atoms with Gasteiger partial charge in [0.25, 0.3) is 5.69 Å². The largest absolute Gasteiger partial charge is 0.451 e. The molecule has 0 atom stereocenters. The number of nitrogens with zero attached hydrogens (tertiary/aromatic N) is 1. The molecule has 7 nitrogen and oxygen atoms in total. The zero-order valence-electron chi connectivity index (χ0n) is 15.8. The van der Waals surface area contributed by atoms with Gasteiger partial charge < -0.3 is 9.15 Å². The van der Waals surface area contributed by atoms with E-state index in [1.54, 1.807) is 18.2 Å². The fraction of sp³-hybridized carbons (Fsp3) is 0.182. The molecule has 1 aromatic heterocycles. The summed E-state index contributed by atoms with van der Waals surface area (Å²) in [5.74, 6) is -0.744. The molecule has 148 valence electrons. The van der Waals surface area contributed by atoms with E-state index >= 15 is 0 Å². The van der Waals surface area contributed by atoms with Crippen LogP contribution in [-0.2, 0) is 11.2 Å². The number of ketones is 1. The first-order valence-corrected chi connectivity index (χ1v) is 9.12. The minimum atomic E-state index is -0.755. The van der Waals surface area contributed by atoms with Crippen molar-refractivity contribution in [1.29, 1.82) is 0 Å². The van der Waals surface area contributed by atoms with Gasteiger partial charge in [-0.05, 0) is 36.2 Å². The van der Waals surface area contributed by atoms with Gasteiger partial charge in [0.2, 0.25) is 5.76 Å². The molecule has 0 aliphatic carbocycles. The fourth-order valence-corrected chi connectivity index (χ4v) is 2.78. The molecule has 0 fully saturated rings. The number of nitro groups is 1. The summed E-state index contributed by atoms with van der Waals surface area (Å²) in [7, 11) is 0. The Kier molecular flexibility index (Phi) is 6.19. The first-order chi connectivity index (χ1) is 14.0. The molecule has 29 heavy (non-hydrogen) atoms. The van der Waals surface area contributed by atoms with Crippen LogP contribution in [0.15, 0.2) is 65.1 Å². The number of rotatable bonds is 8. The zero-order valence-corrected chi connectivity index (χ0v) is 15.8. The van der Waals surface area contributed by atoms with Crippen LogP contribution in [0, 0.1) is 10.1 Å². The molecule has 0 aliphatic heterocycles. The van der Waals surface area contributed by atoms with Crippen molar-refractivity contribution in [2.24, 2.45) is 0 Å². The molecule has 0 amide bonds. The third-order valence-corrected chi connectivity index (χ3v) is 4.32. The van der Waals surface area contributed by atoms with E-state index in [9.17, 15) is 19.7 Å². The van der Waals surface area contributed by atoms with Gasteiger partial charge in [-0.25, -0.2) is 4.79 Å². The van der Waals surface area contributed by atoms with Gasteiger partial charge in [0.15, 0.2) is 12.4 Å². The van der Waals surface area contributed by atoms with Crippen molar-refractivity contribution in [2.75, 3.05) is 6.61 Å². The van der Waals surface area contributed by atoms with Gasteiger partial charge in [0, 0.05) is 23.3 Å². The normalized spacial score (nSPS) is 10.5. The summed E-state index contributed by atoms with van der Waals surface area (Å²) in [6, 6.07) is 16.0. The summed E-state index contributed by atoms with van der Waals surface area (Å²) in [6.45, 7) is 1.69. The summed E-state index contributed by atoms with van der Waals surface area (Å²) in [5.41, 5.74) is 2.16. The van der Waals surface area contributed by atoms with Crippen molar-refractivity contribution in [3.05, 3.63) is 87.7 Å².